The maximum atomic E-state index is 4.81. The van der Waals surface area contributed by atoms with Crippen LogP contribution in [-0.4, -0.2) is 14.8 Å². The van der Waals surface area contributed by atoms with E-state index < -0.39 is 0 Å². The summed E-state index contributed by atoms with van der Waals surface area (Å²) in [6.07, 6.45) is 0. The number of halogens is 1. The molecule has 4 aromatic rings. The lowest BCUT2D eigenvalue weighted by molar-refractivity contribution is 0.695. The molecule has 0 amide bonds. The summed E-state index contributed by atoms with van der Waals surface area (Å²) < 4.78 is 3.05. The third-order valence-corrected chi connectivity index (χ3v) is 4.51. The van der Waals surface area contributed by atoms with E-state index in [9.17, 15) is 0 Å². The third kappa shape index (κ3) is 3.54. The third-order valence-electron chi connectivity index (χ3n) is 3.98. The SMILES string of the molecule is Brc1ccc(Cn2nc(-c3ccccc3)nc2-c2ccccc2)cc1. The zero-order chi connectivity index (χ0) is 17.1. The number of hydrogen-bond donors (Lipinski definition) is 0. The van der Waals surface area contributed by atoms with Gasteiger partial charge in [0.25, 0.3) is 0 Å². The van der Waals surface area contributed by atoms with Gasteiger partial charge in [0, 0.05) is 15.6 Å². The van der Waals surface area contributed by atoms with Crippen LogP contribution in [0, 0.1) is 0 Å². The van der Waals surface area contributed by atoms with Crippen LogP contribution in [0.3, 0.4) is 0 Å². The topological polar surface area (TPSA) is 30.7 Å². The summed E-state index contributed by atoms with van der Waals surface area (Å²) in [4.78, 5) is 4.81. The molecule has 0 saturated heterocycles. The summed E-state index contributed by atoms with van der Waals surface area (Å²) in [6.45, 7) is 0.678. The molecule has 0 unspecified atom stereocenters. The van der Waals surface area contributed by atoms with Crippen LogP contribution < -0.4 is 0 Å². The molecule has 4 heteroatoms. The largest absolute Gasteiger partial charge is 0.241 e. The Labute approximate surface area is 155 Å². The van der Waals surface area contributed by atoms with E-state index in [-0.39, 0.29) is 0 Å². The Morgan fingerprint density at radius 3 is 1.96 bits per heavy atom. The van der Waals surface area contributed by atoms with Gasteiger partial charge in [0.05, 0.1) is 6.54 Å². The highest BCUT2D eigenvalue weighted by Crippen LogP contribution is 2.23. The molecule has 0 aliphatic rings. The molecule has 0 aliphatic heterocycles. The molecule has 25 heavy (non-hydrogen) atoms. The van der Waals surface area contributed by atoms with Gasteiger partial charge in [-0.25, -0.2) is 9.67 Å². The molecule has 4 rings (SSSR count). The van der Waals surface area contributed by atoms with Crippen LogP contribution in [0.1, 0.15) is 5.56 Å². The van der Waals surface area contributed by atoms with E-state index >= 15 is 0 Å². The van der Waals surface area contributed by atoms with E-state index in [1.807, 2.05) is 65.3 Å². The molecule has 0 fully saturated rings. The normalized spacial score (nSPS) is 10.8. The first-order valence-corrected chi connectivity index (χ1v) is 8.89. The van der Waals surface area contributed by atoms with Crippen molar-refractivity contribution in [2.75, 3.05) is 0 Å². The Kier molecular flexibility index (Phi) is 4.44. The van der Waals surface area contributed by atoms with Gasteiger partial charge in [-0.3, -0.25) is 0 Å². The molecule has 0 bridgehead atoms. The van der Waals surface area contributed by atoms with Crippen LogP contribution in [-0.2, 0) is 6.54 Å². The van der Waals surface area contributed by atoms with Gasteiger partial charge in [-0.05, 0) is 17.7 Å². The minimum Gasteiger partial charge on any atom is -0.241 e. The van der Waals surface area contributed by atoms with Crippen molar-refractivity contribution in [2.24, 2.45) is 0 Å². The lowest BCUT2D eigenvalue weighted by Gasteiger charge is -2.06. The maximum absolute atomic E-state index is 4.81. The minimum absolute atomic E-state index is 0.678. The molecule has 0 saturated carbocycles. The second-order valence-corrected chi connectivity index (χ2v) is 6.69. The summed E-state index contributed by atoms with van der Waals surface area (Å²) >= 11 is 3.48. The van der Waals surface area contributed by atoms with E-state index in [0.717, 1.165) is 27.2 Å². The summed E-state index contributed by atoms with van der Waals surface area (Å²) in [6, 6.07) is 28.6. The van der Waals surface area contributed by atoms with Gasteiger partial charge in [0.2, 0.25) is 0 Å². The zero-order valence-corrected chi connectivity index (χ0v) is 15.1. The molecule has 0 N–H and O–H groups in total. The van der Waals surface area contributed by atoms with Crippen LogP contribution in [0.2, 0.25) is 0 Å². The Bertz CT molecular complexity index is 961. The average Bonchev–Trinajstić information content (AvgIpc) is 3.09. The predicted octanol–water partition coefficient (Wildman–Crippen LogP) is 5.42. The average molecular weight is 390 g/mol. The Hall–Kier alpha value is -2.72. The van der Waals surface area contributed by atoms with Gasteiger partial charge in [0.1, 0.15) is 0 Å². The summed E-state index contributed by atoms with van der Waals surface area (Å²) in [7, 11) is 0. The second kappa shape index (κ2) is 7.03. The first-order valence-electron chi connectivity index (χ1n) is 8.10. The van der Waals surface area contributed by atoms with Gasteiger partial charge >= 0.3 is 0 Å². The fourth-order valence-electron chi connectivity index (χ4n) is 2.73. The van der Waals surface area contributed by atoms with Crippen LogP contribution in [0.25, 0.3) is 22.8 Å². The van der Waals surface area contributed by atoms with Gasteiger partial charge in [0.15, 0.2) is 11.6 Å². The number of aromatic nitrogens is 3. The van der Waals surface area contributed by atoms with Crippen molar-refractivity contribution in [3.63, 3.8) is 0 Å². The van der Waals surface area contributed by atoms with Gasteiger partial charge in [-0.1, -0.05) is 88.7 Å². The van der Waals surface area contributed by atoms with Gasteiger partial charge in [-0.15, -0.1) is 0 Å². The van der Waals surface area contributed by atoms with Crippen molar-refractivity contribution in [2.45, 2.75) is 6.54 Å². The van der Waals surface area contributed by atoms with Crippen LogP contribution in [0.4, 0.5) is 0 Å². The lowest BCUT2D eigenvalue weighted by Crippen LogP contribution is -2.04. The molecule has 0 aliphatic carbocycles. The second-order valence-electron chi connectivity index (χ2n) is 5.78. The summed E-state index contributed by atoms with van der Waals surface area (Å²) in [5.41, 5.74) is 3.27. The highest BCUT2D eigenvalue weighted by atomic mass is 79.9. The Balaban J connectivity index is 1.78. The van der Waals surface area contributed by atoms with Gasteiger partial charge in [-0.2, -0.15) is 5.10 Å². The minimum atomic E-state index is 0.678. The molecule has 3 nitrogen and oxygen atoms in total. The van der Waals surface area contributed by atoms with Crippen molar-refractivity contribution >= 4 is 15.9 Å². The fourth-order valence-corrected chi connectivity index (χ4v) is 2.99. The van der Waals surface area contributed by atoms with Crippen LogP contribution >= 0.6 is 15.9 Å². The van der Waals surface area contributed by atoms with Crippen molar-refractivity contribution in [3.8, 4) is 22.8 Å². The maximum Gasteiger partial charge on any atom is 0.181 e. The number of nitrogens with zero attached hydrogens (tertiary/aromatic N) is 3. The van der Waals surface area contributed by atoms with E-state index in [0.29, 0.717) is 6.54 Å². The van der Waals surface area contributed by atoms with Crippen LogP contribution in [0.5, 0.6) is 0 Å². The first kappa shape index (κ1) is 15.8. The van der Waals surface area contributed by atoms with Crippen molar-refractivity contribution in [3.05, 3.63) is 95.0 Å². The van der Waals surface area contributed by atoms with Crippen molar-refractivity contribution in [1.29, 1.82) is 0 Å². The van der Waals surface area contributed by atoms with Crippen molar-refractivity contribution in [1.82, 2.24) is 14.8 Å². The molecule has 0 atom stereocenters. The number of hydrogen-bond acceptors (Lipinski definition) is 2. The zero-order valence-electron chi connectivity index (χ0n) is 13.5. The Morgan fingerprint density at radius 2 is 1.32 bits per heavy atom. The molecular weight excluding hydrogens is 374 g/mol. The lowest BCUT2D eigenvalue weighted by atomic mass is 10.2. The van der Waals surface area contributed by atoms with E-state index in [4.69, 9.17) is 10.1 Å². The standard InChI is InChI=1S/C21H16BrN3/c22-19-13-11-16(12-14-19)15-25-21(18-9-5-2-6-10-18)23-20(24-25)17-7-3-1-4-8-17/h1-14H,15H2. The highest BCUT2D eigenvalue weighted by Gasteiger charge is 2.13. The molecule has 1 aromatic heterocycles. The number of rotatable bonds is 4. The first-order chi connectivity index (χ1) is 12.3. The molecule has 0 spiro atoms. The molecule has 122 valence electrons. The molecule has 3 aromatic carbocycles. The van der Waals surface area contributed by atoms with Crippen LogP contribution in [0.15, 0.2) is 89.4 Å². The summed E-state index contributed by atoms with van der Waals surface area (Å²) in [5.74, 6) is 1.62. The quantitative estimate of drug-likeness (QED) is 0.466. The van der Waals surface area contributed by atoms with Gasteiger partial charge < -0.3 is 0 Å². The highest BCUT2D eigenvalue weighted by molar-refractivity contribution is 9.10. The smallest absolute Gasteiger partial charge is 0.181 e. The summed E-state index contributed by atoms with van der Waals surface area (Å²) in [5, 5.41) is 4.77. The predicted molar refractivity (Wildman–Crippen MR) is 104 cm³/mol. The van der Waals surface area contributed by atoms with Crippen molar-refractivity contribution < 1.29 is 0 Å². The van der Waals surface area contributed by atoms with E-state index in [1.165, 1.54) is 5.56 Å². The number of benzene rings is 3. The monoisotopic (exact) mass is 389 g/mol. The Morgan fingerprint density at radius 1 is 0.720 bits per heavy atom. The van der Waals surface area contributed by atoms with E-state index in [2.05, 4.69) is 40.2 Å². The molecular formula is C21H16BrN3. The molecule has 0 radical (unpaired) electrons. The molecule has 1 heterocycles. The fraction of sp³-hybridized carbons (Fsp3) is 0.0476. The van der Waals surface area contributed by atoms with E-state index in [1.54, 1.807) is 0 Å².